The number of benzene rings is 1. The zero-order chi connectivity index (χ0) is 22.3. The van der Waals surface area contributed by atoms with Crippen LogP contribution in [0.15, 0.2) is 27.8 Å². The van der Waals surface area contributed by atoms with Crippen molar-refractivity contribution in [2.24, 2.45) is 11.8 Å². The minimum atomic E-state index is -1.14. The van der Waals surface area contributed by atoms with Crippen molar-refractivity contribution in [3.8, 4) is 0 Å². The largest absolute Gasteiger partial charge is 0.465 e. The van der Waals surface area contributed by atoms with E-state index in [0.29, 0.717) is 41.9 Å². The molecule has 0 unspecified atom stereocenters. The minimum absolute atomic E-state index is 0.122. The minimum Gasteiger partial charge on any atom is -0.465 e. The van der Waals surface area contributed by atoms with Crippen LogP contribution in [0.2, 0.25) is 0 Å². The standard InChI is InChI=1S/C22H28N4O5/c1-12(2)26-18-9-8-14(23-19(27)15-4-3-5-17(15)24-21(29)30)10-16(18)20(28)25(22(26)31)11-13-6-7-13/h8-10,12-13,15,17,24H,3-7,11H2,1-2H3,(H,23,27)(H,29,30)/t15-,17+/m0/s1. The van der Waals surface area contributed by atoms with Crippen molar-refractivity contribution in [2.75, 3.05) is 5.32 Å². The van der Waals surface area contributed by atoms with Gasteiger partial charge in [-0.1, -0.05) is 6.42 Å². The maximum absolute atomic E-state index is 13.1. The molecule has 9 heteroatoms. The Hall–Kier alpha value is -3.10. The highest BCUT2D eigenvalue weighted by Crippen LogP contribution is 2.30. The van der Waals surface area contributed by atoms with Gasteiger partial charge in [-0.25, -0.2) is 9.59 Å². The predicted molar refractivity (Wildman–Crippen MR) is 116 cm³/mol. The average molecular weight is 428 g/mol. The second-order valence-electron chi connectivity index (χ2n) is 8.92. The van der Waals surface area contributed by atoms with Crippen molar-refractivity contribution in [3.63, 3.8) is 0 Å². The van der Waals surface area contributed by atoms with Crippen LogP contribution in [0, 0.1) is 11.8 Å². The first-order chi connectivity index (χ1) is 14.8. The second kappa shape index (κ2) is 8.20. The number of hydrogen-bond acceptors (Lipinski definition) is 4. The average Bonchev–Trinajstić information content (AvgIpc) is 3.41. The SMILES string of the molecule is CC(C)n1c(=O)n(CC2CC2)c(=O)c2cc(NC(=O)[C@H]3CCC[C@H]3NC(=O)O)ccc21. The highest BCUT2D eigenvalue weighted by Gasteiger charge is 2.34. The molecule has 9 nitrogen and oxygen atoms in total. The summed E-state index contributed by atoms with van der Waals surface area (Å²) in [5, 5.41) is 14.6. The van der Waals surface area contributed by atoms with Crippen LogP contribution in [-0.4, -0.2) is 32.3 Å². The van der Waals surface area contributed by atoms with Gasteiger partial charge < -0.3 is 15.7 Å². The van der Waals surface area contributed by atoms with Crippen molar-refractivity contribution in [2.45, 2.75) is 64.6 Å². The smallest absolute Gasteiger partial charge is 0.404 e. The Labute approximate surface area is 179 Å². The summed E-state index contributed by atoms with van der Waals surface area (Å²) in [7, 11) is 0. The number of amides is 2. The molecule has 2 amide bonds. The number of nitrogens with one attached hydrogen (secondary N) is 2. The van der Waals surface area contributed by atoms with Crippen molar-refractivity contribution < 1.29 is 14.7 Å². The molecule has 0 aliphatic heterocycles. The molecule has 1 aromatic carbocycles. The fraction of sp³-hybridized carbons (Fsp3) is 0.545. The molecule has 0 bridgehead atoms. The molecule has 0 radical (unpaired) electrons. The van der Waals surface area contributed by atoms with Crippen LogP contribution >= 0.6 is 0 Å². The lowest BCUT2D eigenvalue weighted by molar-refractivity contribution is -0.120. The van der Waals surface area contributed by atoms with Crippen LogP contribution in [0.4, 0.5) is 10.5 Å². The number of aromatic nitrogens is 2. The summed E-state index contributed by atoms with van der Waals surface area (Å²) in [5.74, 6) is -0.360. The van der Waals surface area contributed by atoms with Crippen LogP contribution in [0.5, 0.6) is 0 Å². The van der Waals surface area contributed by atoms with Gasteiger partial charge in [-0.2, -0.15) is 0 Å². The Balaban J connectivity index is 1.68. The molecule has 3 N–H and O–H groups in total. The molecule has 1 heterocycles. The van der Waals surface area contributed by atoms with Gasteiger partial charge in [-0.3, -0.25) is 18.7 Å². The number of rotatable bonds is 6. The Kier molecular flexibility index (Phi) is 5.60. The number of carbonyl (C=O) groups excluding carboxylic acids is 1. The van der Waals surface area contributed by atoms with E-state index in [4.69, 9.17) is 5.11 Å². The van der Waals surface area contributed by atoms with Gasteiger partial charge in [-0.05, 0) is 63.6 Å². The van der Waals surface area contributed by atoms with Crippen molar-refractivity contribution in [3.05, 3.63) is 39.0 Å². The van der Waals surface area contributed by atoms with Crippen molar-refractivity contribution in [1.82, 2.24) is 14.5 Å². The third kappa shape index (κ3) is 4.22. The van der Waals surface area contributed by atoms with Gasteiger partial charge in [0.05, 0.1) is 16.8 Å². The Morgan fingerprint density at radius 1 is 1.16 bits per heavy atom. The fourth-order valence-corrected chi connectivity index (χ4v) is 4.52. The van der Waals surface area contributed by atoms with E-state index >= 15 is 0 Å². The van der Waals surface area contributed by atoms with Crippen LogP contribution in [0.1, 0.15) is 52.0 Å². The van der Waals surface area contributed by atoms with Gasteiger partial charge in [0.15, 0.2) is 0 Å². The van der Waals surface area contributed by atoms with Crippen molar-refractivity contribution in [1.29, 1.82) is 0 Å². The summed E-state index contributed by atoms with van der Waals surface area (Å²) in [5.41, 5.74) is 0.361. The van der Waals surface area contributed by atoms with E-state index in [1.54, 1.807) is 22.8 Å². The molecule has 2 fully saturated rings. The number of hydrogen-bond donors (Lipinski definition) is 3. The summed E-state index contributed by atoms with van der Waals surface area (Å²) in [6.07, 6.45) is 2.90. The highest BCUT2D eigenvalue weighted by molar-refractivity contribution is 5.95. The summed E-state index contributed by atoms with van der Waals surface area (Å²) in [4.78, 5) is 49.9. The second-order valence-corrected chi connectivity index (χ2v) is 8.92. The first-order valence-corrected chi connectivity index (χ1v) is 10.9. The van der Waals surface area contributed by atoms with Gasteiger partial charge >= 0.3 is 11.8 Å². The Morgan fingerprint density at radius 3 is 2.55 bits per heavy atom. The van der Waals surface area contributed by atoms with Crippen LogP contribution < -0.4 is 21.9 Å². The topological polar surface area (TPSA) is 122 Å². The first kappa shape index (κ1) is 21.1. The van der Waals surface area contributed by atoms with Gasteiger partial charge in [0.2, 0.25) is 5.91 Å². The third-order valence-electron chi connectivity index (χ3n) is 6.25. The number of anilines is 1. The summed E-state index contributed by atoms with van der Waals surface area (Å²) < 4.78 is 2.93. The molecule has 31 heavy (non-hydrogen) atoms. The molecule has 2 atom stereocenters. The molecule has 166 valence electrons. The van der Waals surface area contributed by atoms with E-state index in [-0.39, 0.29) is 23.2 Å². The Morgan fingerprint density at radius 2 is 1.90 bits per heavy atom. The molecular formula is C22H28N4O5. The summed E-state index contributed by atoms with van der Waals surface area (Å²) >= 11 is 0. The molecule has 0 spiro atoms. The van der Waals surface area contributed by atoms with Crippen LogP contribution in [-0.2, 0) is 11.3 Å². The zero-order valence-electron chi connectivity index (χ0n) is 17.8. The molecule has 2 aliphatic carbocycles. The lowest BCUT2D eigenvalue weighted by atomic mass is 10.0. The van der Waals surface area contributed by atoms with E-state index in [1.165, 1.54) is 4.57 Å². The van der Waals surface area contributed by atoms with E-state index < -0.39 is 18.1 Å². The number of nitrogens with zero attached hydrogens (tertiary/aromatic N) is 2. The number of carboxylic acid groups (broad SMARTS) is 1. The van der Waals surface area contributed by atoms with Gasteiger partial charge in [0.25, 0.3) is 5.56 Å². The first-order valence-electron chi connectivity index (χ1n) is 10.9. The third-order valence-corrected chi connectivity index (χ3v) is 6.25. The lowest BCUT2D eigenvalue weighted by Gasteiger charge is -2.20. The van der Waals surface area contributed by atoms with Gasteiger partial charge in [0.1, 0.15) is 0 Å². The molecule has 2 aromatic rings. The zero-order valence-corrected chi connectivity index (χ0v) is 17.8. The fourth-order valence-electron chi connectivity index (χ4n) is 4.52. The van der Waals surface area contributed by atoms with E-state index in [0.717, 1.165) is 19.3 Å². The normalized spacial score (nSPS) is 20.9. The molecule has 2 saturated carbocycles. The predicted octanol–water partition coefficient (Wildman–Crippen LogP) is 2.53. The van der Waals surface area contributed by atoms with Gasteiger partial charge in [-0.15, -0.1) is 0 Å². The quantitative estimate of drug-likeness (QED) is 0.653. The Bertz CT molecular complexity index is 1150. The van der Waals surface area contributed by atoms with E-state index in [9.17, 15) is 19.2 Å². The number of carbonyl (C=O) groups is 2. The monoisotopic (exact) mass is 428 g/mol. The molecular weight excluding hydrogens is 400 g/mol. The maximum atomic E-state index is 13.1. The maximum Gasteiger partial charge on any atom is 0.404 e. The number of fused-ring (bicyclic) bond motifs is 1. The van der Waals surface area contributed by atoms with Crippen LogP contribution in [0.25, 0.3) is 10.9 Å². The molecule has 4 rings (SSSR count). The van der Waals surface area contributed by atoms with Crippen molar-refractivity contribution >= 4 is 28.6 Å². The highest BCUT2D eigenvalue weighted by atomic mass is 16.4. The molecule has 1 aromatic heterocycles. The van der Waals surface area contributed by atoms with E-state index in [1.807, 2.05) is 13.8 Å². The molecule has 2 aliphatic rings. The lowest BCUT2D eigenvalue weighted by Crippen LogP contribution is -2.41. The molecule has 0 saturated heterocycles. The summed E-state index contributed by atoms with van der Waals surface area (Å²) in [6.45, 7) is 4.22. The van der Waals surface area contributed by atoms with Gasteiger partial charge in [0, 0.05) is 24.3 Å². The summed E-state index contributed by atoms with van der Waals surface area (Å²) in [6, 6.07) is 4.45. The van der Waals surface area contributed by atoms with E-state index in [2.05, 4.69) is 10.6 Å². The van der Waals surface area contributed by atoms with Crippen LogP contribution in [0.3, 0.4) is 0 Å².